The van der Waals surface area contributed by atoms with E-state index < -0.39 is 79.0 Å². The quantitative estimate of drug-likeness (QED) is 0.0493. The molecule has 0 spiro atoms. The van der Waals surface area contributed by atoms with Crippen LogP contribution in [0.2, 0.25) is 0 Å². The van der Waals surface area contributed by atoms with Crippen LogP contribution in [-0.4, -0.2) is 127 Å². The third kappa shape index (κ3) is 13.4. The molecule has 1 aliphatic heterocycles. The van der Waals surface area contributed by atoms with E-state index in [0.717, 1.165) is 10.5 Å². The molecule has 60 heavy (non-hydrogen) atoms. The third-order valence-electron chi connectivity index (χ3n) is 9.40. The van der Waals surface area contributed by atoms with Crippen molar-refractivity contribution in [2.75, 3.05) is 52.1 Å². The summed E-state index contributed by atoms with van der Waals surface area (Å²) in [6.07, 6.45) is 0.560. The summed E-state index contributed by atoms with van der Waals surface area (Å²) in [5.74, 6) is -6.74. The smallest absolute Gasteiger partial charge is 0.268 e. The molecule has 1 fully saturated rings. The van der Waals surface area contributed by atoms with Gasteiger partial charge in [0.2, 0.25) is 29.5 Å². The Hall–Kier alpha value is -6.75. The van der Waals surface area contributed by atoms with Crippen LogP contribution in [0.4, 0.5) is 14.5 Å². The molecular weight excluding hydrogens is 783 g/mol. The molecule has 2 aromatic carbocycles. The Morgan fingerprint density at radius 1 is 0.983 bits per heavy atom. The van der Waals surface area contributed by atoms with Crippen molar-refractivity contribution < 1.29 is 37.5 Å². The van der Waals surface area contributed by atoms with Crippen LogP contribution >= 0.6 is 0 Å². The molecule has 1 aliphatic rings. The van der Waals surface area contributed by atoms with Gasteiger partial charge in [-0.15, -0.1) is 0 Å². The lowest BCUT2D eigenvalue weighted by molar-refractivity contribution is -0.132. The van der Waals surface area contributed by atoms with Crippen molar-refractivity contribution in [1.82, 2.24) is 36.1 Å². The molecule has 4 rings (SSSR count). The van der Waals surface area contributed by atoms with E-state index in [1.54, 1.807) is 37.2 Å². The maximum Gasteiger partial charge on any atom is 0.268 e. The number of aliphatic imine (C=N–C) groups is 1. The van der Waals surface area contributed by atoms with Crippen LogP contribution in [0, 0.1) is 11.3 Å². The molecule has 3 atom stereocenters. The molecule has 0 bridgehead atoms. The molecule has 0 unspecified atom stereocenters. The van der Waals surface area contributed by atoms with Gasteiger partial charge < -0.3 is 47.9 Å². The molecule has 320 valence electrons. The SMILES string of the molecule is CN(C)C(N)=NCCC[C@H](NC(=O)CCC(=O)Nc1cccc2c(C(=O)NCC(=O)N3CC(F)(F)C[C@H]3C#N)ccnc12)C(=O)N[C@@H](Cc1ccccc1)C(=O)NCCN. The highest BCUT2D eigenvalue weighted by molar-refractivity contribution is 6.11. The maximum absolute atomic E-state index is 13.8. The van der Waals surface area contributed by atoms with E-state index in [2.05, 4.69) is 36.6 Å². The molecule has 0 aliphatic carbocycles. The lowest BCUT2D eigenvalue weighted by Gasteiger charge is -2.23. The zero-order valence-corrected chi connectivity index (χ0v) is 33.4. The van der Waals surface area contributed by atoms with E-state index in [1.807, 2.05) is 30.3 Å². The van der Waals surface area contributed by atoms with Gasteiger partial charge >= 0.3 is 0 Å². The predicted molar refractivity (Wildman–Crippen MR) is 218 cm³/mol. The van der Waals surface area contributed by atoms with Gasteiger partial charge in [0.05, 0.1) is 35.9 Å². The Labute approximate surface area is 345 Å². The van der Waals surface area contributed by atoms with Crippen molar-refractivity contribution in [2.45, 2.75) is 62.6 Å². The summed E-state index contributed by atoms with van der Waals surface area (Å²) in [5, 5.41) is 22.7. The second kappa shape index (κ2) is 21.9. The average Bonchev–Trinajstić information content (AvgIpc) is 3.56. The van der Waals surface area contributed by atoms with Crippen LogP contribution < -0.4 is 38.1 Å². The number of fused-ring (bicyclic) bond motifs is 1. The van der Waals surface area contributed by atoms with Crippen molar-refractivity contribution in [1.29, 1.82) is 5.26 Å². The second-order valence-corrected chi connectivity index (χ2v) is 14.2. The number of carbonyl (C=O) groups excluding carboxylic acids is 6. The fourth-order valence-electron chi connectivity index (χ4n) is 6.28. The molecule has 1 saturated heterocycles. The molecule has 20 heteroatoms. The second-order valence-electron chi connectivity index (χ2n) is 14.2. The number of nitrogens with one attached hydrogen (secondary N) is 5. The van der Waals surface area contributed by atoms with E-state index in [1.165, 1.54) is 18.3 Å². The van der Waals surface area contributed by atoms with E-state index in [9.17, 15) is 42.8 Å². The molecule has 2 heterocycles. The molecule has 18 nitrogen and oxygen atoms in total. The number of para-hydroxylation sites is 1. The van der Waals surface area contributed by atoms with E-state index in [4.69, 9.17) is 11.5 Å². The number of pyridine rings is 1. The highest BCUT2D eigenvalue weighted by Gasteiger charge is 2.47. The number of benzene rings is 2. The number of halogens is 2. The average molecular weight is 833 g/mol. The molecule has 0 saturated carbocycles. The highest BCUT2D eigenvalue weighted by Crippen LogP contribution is 2.31. The lowest BCUT2D eigenvalue weighted by atomic mass is 10.0. The fourth-order valence-corrected chi connectivity index (χ4v) is 6.28. The maximum atomic E-state index is 13.8. The summed E-state index contributed by atoms with van der Waals surface area (Å²) >= 11 is 0. The molecule has 3 aromatic rings. The molecule has 9 N–H and O–H groups in total. The number of anilines is 1. The van der Waals surface area contributed by atoms with Crippen molar-refractivity contribution in [3.63, 3.8) is 0 Å². The van der Waals surface area contributed by atoms with Crippen LogP contribution in [0.25, 0.3) is 10.9 Å². The Balaban J connectivity index is 1.40. The normalized spacial score (nSPS) is 15.6. The number of hydrogen-bond acceptors (Lipinski definition) is 10. The summed E-state index contributed by atoms with van der Waals surface area (Å²) in [4.78, 5) is 89.8. The van der Waals surface area contributed by atoms with Gasteiger partial charge in [0.25, 0.3) is 11.8 Å². The number of likely N-dealkylation sites (tertiary alicyclic amines) is 1. The number of carbonyl (C=O) groups is 6. The van der Waals surface area contributed by atoms with Gasteiger partial charge in [0.1, 0.15) is 18.1 Å². The minimum atomic E-state index is -3.21. The number of guanidine groups is 1. The van der Waals surface area contributed by atoms with E-state index >= 15 is 0 Å². The number of nitrogens with two attached hydrogens (primary N) is 2. The van der Waals surface area contributed by atoms with Crippen LogP contribution in [0.5, 0.6) is 0 Å². The topological polar surface area (TPSA) is 270 Å². The number of aromatic nitrogens is 1. The first-order chi connectivity index (χ1) is 28.6. The summed E-state index contributed by atoms with van der Waals surface area (Å²) in [6, 6.07) is 13.4. The van der Waals surface area contributed by atoms with Crippen LogP contribution in [-0.2, 0) is 30.4 Å². The Morgan fingerprint density at radius 2 is 1.72 bits per heavy atom. The van der Waals surface area contributed by atoms with E-state index in [-0.39, 0.29) is 68.0 Å². The molecular formula is C40H50F2N12O6. The number of amides is 6. The fraction of sp³-hybridized carbons (Fsp3) is 0.425. The minimum absolute atomic E-state index is 0.0779. The van der Waals surface area contributed by atoms with Gasteiger partial charge in [0, 0.05) is 71.0 Å². The summed E-state index contributed by atoms with van der Waals surface area (Å²) in [5.41, 5.74) is 12.8. The zero-order chi connectivity index (χ0) is 43.8. The van der Waals surface area contributed by atoms with Crippen molar-refractivity contribution in [2.24, 2.45) is 16.5 Å². The number of hydrogen-bond donors (Lipinski definition) is 7. The van der Waals surface area contributed by atoms with Gasteiger partial charge in [-0.25, -0.2) is 8.78 Å². The zero-order valence-electron chi connectivity index (χ0n) is 33.4. The summed E-state index contributed by atoms with van der Waals surface area (Å²) in [6.45, 7) is -0.916. The van der Waals surface area contributed by atoms with Crippen LogP contribution in [0.15, 0.2) is 65.8 Å². The summed E-state index contributed by atoms with van der Waals surface area (Å²) in [7, 11) is 3.46. The number of rotatable bonds is 19. The summed E-state index contributed by atoms with van der Waals surface area (Å²) < 4.78 is 27.7. The first-order valence-electron chi connectivity index (χ1n) is 19.2. The van der Waals surface area contributed by atoms with Gasteiger partial charge in [0.15, 0.2) is 5.96 Å². The van der Waals surface area contributed by atoms with Gasteiger partial charge in [-0.1, -0.05) is 42.5 Å². The highest BCUT2D eigenvalue weighted by atomic mass is 19.3. The molecule has 6 amide bonds. The first kappa shape index (κ1) is 45.9. The molecule has 0 radical (unpaired) electrons. The van der Waals surface area contributed by atoms with Gasteiger partial charge in [-0.3, -0.25) is 38.7 Å². The number of nitriles is 1. The van der Waals surface area contributed by atoms with Crippen LogP contribution in [0.3, 0.4) is 0 Å². The van der Waals surface area contributed by atoms with Crippen LogP contribution in [0.1, 0.15) is 48.0 Å². The first-order valence-corrected chi connectivity index (χ1v) is 19.2. The Morgan fingerprint density at radius 3 is 2.42 bits per heavy atom. The monoisotopic (exact) mass is 832 g/mol. The third-order valence-corrected chi connectivity index (χ3v) is 9.40. The lowest BCUT2D eigenvalue weighted by Crippen LogP contribution is -2.54. The van der Waals surface area contributed by atoms with Crippen molar-refractivity contribution in [3.05, 3.63) is 71.9 Å². The molecule has 1 aromatic heterocycles. The van der Waals surface area contributed by atoms with E-state index in [0.29, 0.717) is 11.8 Å². The standard InChI is InChI=1S/C40H50F2N12O6/c1-53(2)39(45)48-17-7-12-30(38(60)52-31(37(59)47-19-16-43)20-25-8-4-3-5-9-25)51-33(56)14-13-32(55)50-29-11-6-10-27-28(15-18-46-35(27)29)36(58)49-23-34(57)54-24-40(41,42)21-26(54)22-44/h3-6,8-11,15,18,26,30-31H,7,12-14,16-17,19-21,23-24,43H2,1-2H3,(H2,45,48)(H,47,59)(H,49,58)(H,50,55)(H,51,56)(H,52,60)/t26-,30-,31-/m0/s1. The Bertz CT molecular complexity index is 2100. The predicted octanol–water partition coefficient (Wildman–Crippen LogP) is 0.387. The number of nitrogens with zero attached hydrogens (tertiary/aromatic N) is 5. The number of alkyl halides is 2. The largest absolute Gasteiger partial charge is 0.370 e. The minimum Gasteiger partial charge on any atom is -0.370 e. The van der Waals surface area contributed by atoms with Crippen molar-refractivity contribution in [3.8, 4) is 6.07 Å². The Kier molecular flexibility index (Phi) is 16.7. The van der Waals surface area contributed by atoms with Gasteiger partial charge in [-0.05, 0) is 30.5 Å². The van der Waals surface area contributed by atoms with Gasteiger partial charge in [-0.2, -0.15) is 5.26 Å². The van der Waals surface area contributed by atoms with Crippen molar-refractivity contribution >= 4 is 58.0 Å².